The predicted molar refractivity (Wildman–Crippen MR) is 73.2 cm³/mol. The van der Waals surface area contributed by atoms with Crippen molar-refractivity contribution in [1.82, 2.24) is 5.32 Å². The Morgan fingerprint density at radius 3 is 2.58 bits per heavy atom. The normalized spacial score (nSPS) is 18.1. The maximum atomic E-state index is 12.6. The van der Waals surface area contributed by atoms with E-state index in [-0.39, 0.29) is 0 Å². The minimum atomic E-state index is -4.26. The van der Waals surface area contributed by atoms with E-state index >= 15 is 0 Å². The van der Waals surface area contributed by atoms with Gasteiger partial charge in [-0.15, -0.1) is 0 Å². The van der Waals surface area contributed by atoms with Gasteiger partial charge in [0, 0.05) is 17.8 Å². The molecule has 19 heavy (non-hydrogen) atoms. The van der Waals surface area contributed by atoms with Gasteiger partial charge in [0.15, 0.2) is 0 Å². The van der Waals surface area contributed by atoms with Crippen molar-refractivity contribution in [2.24, 2.45) is 0 Å². The molecule has 1 aliphatic rings. The van der Waals surface area contributed by atoms with Gasteiger partial charge in [-0.05, 0) is 30.7 Å². The van der Waals surface area contributed by atoms with Crippen molar-refractivity contribution in [2.75, 3.05) is 12.8 Å². The smallest absolute Gasteiger partial charge is 0.311 e. The van der Waals surface area contributed by atoms with E-state index in [1.807, 2.05) is 11.8 Å². The van der Waals surface area contributed by atoms with Crippen molar-refractivity contribution >= 4 is 11.8 Å². The van der Waals surface area contributed by atoms with E-state index in [1.54, 1.807) is 6.07 Å². The highest BCUT2D eigenvalue weighted by atomic mass is 32.2. The molecule has 0 aliphatic heterocycles. The third-order valence-corrected chi connectivity index (χ3v) is 5.15. The molecule has 0 aromatic heterocycles. The van der Waals surface area contributed by atoms with Gasteiger partial charge in [-0.3, -0.25) is 0 Å². The number of rotatable bonds is 5. The van der Waals surface area contributed by atoms with Crippen molar-refractivity contribution in [1.29, 1.82) is 0 Å². The monoisotopic (exact) mass is 289 g/mol. The molecule has 0 atom stereocenters. The van der Waals surface area contributed by atoms with Crippen LogP contribution in [0.5, 0.6) is 0 Å². The summed E-state index contributed by atoms with van der Waals surface area (Å²) in [5, 5.41) is 3.29. The van der Waals surface area contributed by atoms with Gasteiger partial charge in [0.2, 0.25) is 0 Å². The molecule has 1 aromatic rings. The van der Waals surface area contributed by atoms with E-state index in [1.165, 1.54) is 31.4 Å². The van der Waals surface area contributed by atoms with Crippen molar-refractivity contribution in [3.05, 3.63) is 35.4 Å². The molecule has 1 saturated carbocycles. The second kappa shape index (κ2) is 5.75. The number of alkyl halides is 3. The first-order chi connectivity index (χ1) is 8.95. The molecule has 0 heterocycles. The highest BCUT2D eigenvalue weighted by molar-refractivity contribution is 8.00. The summed E-state index contributed by atoms with van der Waals surface area (Å²) in [6, 6.07) is 5.53. The Morgan fingerprint density at radius 2 is 2.05 bits per heavy atom. The lowest BCUT2D eigenvalue weighted by molar-refractivity contribution is -0.137. The maximum Gasteiger partial charge on any atom is 0.416 e. The molecule has 2 rings (SSSR count). The van der Waals surface area contributed by atoms with Gasteiger partial charge in [0.05, 0.1) is 5.56 Å². The van der Waals surface area contributed by atoms with Crippen LogP contribution in [0.1, 0.15) is 30.4 Å². The van der Waals surface area contributed by atoms with E-state index in [9.17, 15) is 13.2 Å². The fourth-order valence-electron chi connectivity index (χ4n) is 2.32. The molecule has 0 bridgehead atoms. The molecule has 0 spiro atoms. The van der Waals surface area contributed by atoms with E-state index in [4.69, 9.17) is 0 Å². The first-order valence-electron chi connectivity index (χ1n) is 6.37. The molecule has 1 aliphatic carbocycles. The lowest BCUT2D eigenvalue weighted by Gasteiger charge is -2.40. The molecule has 0 amide bonds. The van der Waals surface area contributed by atoms with Crippen LogP contribution in [0, 0.1) is 0 Å². The Bertz CT molecular complexity index is 421. The molecule has 0 unspecified atom stereocenters. The summed E-state index contributed by atoms with van der Waals surface area (Å²) in [5.74, 6) is 0. The Balaban J connectivity index is 1.89. The molecular weight excluding hydrogens is 271 g/mol. The lowest BCUT2D eigenvalue weighted by Crippen LogP contribution is -2.43. The average molecular weight is 289 g/mol. The molecule has 1 fully saturated rings. The Kier molecular flexibility index (Phi) is 4.46. The number of halogens is 3. The van der Waals surface area contributed by atoms with Gasteiger partial charge < -0.3 is 5.32 Å². The van der Waals surface area contributed by atoms with Gasteiger partial charge in [-0.2, -0.15) is 24.9 Å². The molecule has 0 radical (unpaired) electrons. The summed E-state index contributed by atoms with van der Waals surface area (Å²) >= 11 is 1.86. The van der Waals surface area contributed by atoms with Crippen LogP contribution >= 0.6 is 11.8 Å². The number of benzene rings is 1. The zero-order valence-corrected chi connectivity index (χ0v) is 11.7. The third kappa shape index (κ3) is 3.66. The average Bonchev–Trinajstić information content (AvgIpc) is 2.32. The zero-order valence-electron chi connectivity index (χ0n) is 10.9. The van der Waals surface area contributed by atoms with Crippen LogP contribution in [-0.4, -0.2) is 17.5 Å². The van der Waals surface area contributed by atoms with Crippen LogP contribution in [0.2, 0.25) is 0 Å². The standard InChI is InChI=1S/C14H18F3NS/c1-19-13(6-3-7-13)10-18-9-11-4-2-5-12(8-11)14(15,16)17/h2,4-5,8,18H,3,6-7,9-10H2,1H3. The molecule has 0 saturated heterocycles. The van der Waals surface area contributed by atoms with E-state index in [2.05, 4.69) is 11.6 Å². The largest absolute Gasteiger partial charge is 0.416 e. The lowest BCUT2D eigenvalue weighted by atomic mass is 9.84. The molecule has 1 aromatic carbocycles. The predicted octanol–water partition coefficient (Wildman–Crippen LogP) is 4.08. The van der Waals surface area contributed by atoms with E-state index in [0.717, 1.165) is 12.6 Å². The maximum absolute atomic E-state index is 12.6. The first kappa shape index (κ1) is 14.7. The van der Waals surface area contributed by atoms with Crippen LogP contribution in [0.25, 0.3) is 0 Å². The molecular formula is C14H18F3NS. The summed E-state index contributed by atoms with van der Waals surface area (Å²) in [6.45, 7) is 1.36. The van der Waals surface area contributed by atoms with Crippen LogP contribution in [0.3, 0.4) is 0 Å². The summed E-state index contributed by atoms with van der Waals surface area (Å²) in [7, 11) is 0. The van der Waals surface area contributed by atoms with Gasteiger partial charge in [-0.1, -0.05) is 24.6 Å². The van der Waals surface area contributed by atoms with Gasteiger partial charge >= 0.3 is 6.18 Å². The molecule has 106 valence electrons. The van der Waals surface area contributed by atoms with Crippen LogP contribution in [-0.2, 0) is 12.7 Å². The van der Waals surface area contributed by atoms with Crippen LogP contribution in [0.4, 0.5) is 13.2 Å². The molecule has 5 heteroatoms. The van der Waals surface area contributed by atoms with Crippen molar-refractivity contribution in [3.63, 3.8) is 0 Å². The molecule has 1 nitrogen and oxygen atoms in total. The highest BCUT2D eigenvalue weighted by Gasteiger charge is 2.35. The van der Waals surface area contributed by atoms with Gasteiger partial charge in [0.25, 0.3) is 0 Å². The van der Waals surface area contributed by atoms with Crippen molar-refractivity contribution in [3.8, 4) is 0 Å². The zero-order chi connectivity index (χ0) is 13.9. The molecule has 1 N–H and O–H groups in total. The minimum Gasteiger partial charge on any atom is -0.311 e. The van der Waals surface area contributed by atoms with E-state index in [0.29, 0.717) is 16.9 Å². The fourth-order valence-corrected chi connectivity index (χ4v) is 3.26. The number of nitrogens with one attached hydrogen (secondary N) is 1. The summed E-state index contributed by atoms with van der Waals surface area (Å²) < 4.78 is 38.0. The first-order valence-corrected chi connectivity index (χ1v) is 7.60. The number of hydrogen-bond acceptors (Lipinski definition) is 2. The number of thioether (sulfide) groups is 1. The quantitative estimate of drug-likeness (QED) is 0.876. The Morgan fingerprint density at radius 1 is 1.32 bits per heavy atom. The minimum absolute atomic E-state index is 0.307. The SMILES string of the molecule is CSC1(CNCc2cccc(C(F)(F)F)c2)CCC1. The van der Waals surface area contributed by atoms with Gasteiger partial charge in [-0.25, -0.2) is 0 Å². The van der Waals surface area contributed by atoms with Crippen LogP contribution in [0.15, 0.2) is 24.3 Å². The second-order valence-electron chi connectivity index (χ2n) is 5.04. The summed E-state index contributed by atoms with van der Waals surface area (Å²) in [6.07, 6.45) is 1.50. The highest BCUT2D eigenvalue weighted by Crippen LogP contribution is 2.42. The Hall–Kier alpha value is -0.680. The van der Waals surface area contributed by atoms with Crippen molar-refractivity contribution in [2.45, 2.75) is 36.7 Å². The fraction of sp³-hybridized carbons (Fsp3) is 0.571. The topological polar surface area (TPSA) is 12.0 Å². The third-order valence-electron chi connectivity index (χ3n) is 3.73. The van der Waals surface area contributed by atoms with E-state index < -0.39 is 11.7 Å². The van der Waals surface area contributed by atoms with Crippen LogP contribution < -0.4 is 5.32 Å². The summed E-state index contributed by atoms with van der Waals surface area (Å²) in [4.78, 5) is 0. The Labute approximate surface area is 116 Å². The number of hydrogen-bond donors (Lipinski definition) is 1. The van der Waals surface area contributed by atoms with Gasteiger partial charge in [0.1, 0.15) is 0 Å². The van der Waals surface area contributed by atoms with Crippen molar-refractivity contribution < 1.29 is 13.2 Å². The second-order valence-corrected chi connectivity index (χ2v) is 6.32. The summed E-state index contributed by atoms with van der Waals surface area (Å²) in [5.41, 5.74) is 0.112.